The van der Waals surface area contributed by atoms with Crippen molar-refractivity contribution in [2.75, 3.05) is 11.9 Å². The topological polar surface area (TPSA) is 67.2 Å². The Labute approximate surface area is 151 Å². The summed E-state index contributed by atoms with van der Waals surface area (Å²) >= 11 is 5.95. The van der Waals surface area contributed by atoms with Crippen molar-refractivity contribution in [1.82, 2.24) is 10.3 Å². The summed E-state index contributed by atoms with van der Waals surface area (Å²) in [7, 11) is 0. The average Bonchev–Trinajstić information content (AvgIpc) is 3.14. The number of carbonyl (C=O) groups excluding carboxylic acids is 1. The normalized spacial score (nSPS) is 10.4. The fourth-order valence-corrected chi connectivity index (χ4v) is 2.55. The van der Waals surface area contributed by atoms with E-state index in [1.165, 1.54) is 0 Å². The summed E-state index contributed by atoms with van der Waals surface area (Å²) in [5.41, 5.74) is 1.61. The van der Waals surface area contributed by atoms with Gasteiger partial charge in [0.1, 0.15) is 11.6 Å². The van der Waals surface area contributed by atoms with Gasteiger partial charge in [-0.3, -0.25) is 4.79 Å². The maximum absolute atomic E-state index is 12.1. The third kappa shape index (κ3) is 5.09. The van der Waals surface area contributed by atoms with Gasteiger partial charge in [0, 0.05) is 17.8 Å². The molecule has 0 fully saturated rings. The minimum atomic E-state index is -0.146. The molecule has 0 atom stereocenters. The van der Waals surface area contributed by atoms with Crippen LogP contribution in [0.4, 0.5) is 5.82 Å². The third-order valence-electron chi connectivity index (χ3n) is 3.64. The summed E-state index contributed by atoms with van der Waals surface area (Å²) in [6.07, 6.45) is 3.91. The number of aromatic nitrogens is 1. The van der Waals surface area contributed by atoms with Crippen molar-refractivity contribution in [1.29, 1.82) is 0 Å². The number of furan rings is 1. The van der Waals surface area contributed by atoms with Crippen LogP contribution in [0.25, 0.3) is 0 Å². The SMILES string of the molecule is O=C(NCCc1cccc(Cl)c1)c1ccc(NCc2ccco2)nc1. The van der Waals surface area contributed by atoms with Gasteiger partial charge in [-0.25, -0.2) is 4.98 Å². The molecular formula is C19H18ClN3O2. The number of benzene rings is 1. The van der Waals surface area contributed by atoms with E-state index in [0.29, 0.717) is 29.5 Å². The lowest BCUT2D eigenvalue weighted by Gasteiger charge is -2.07. The first kappa shape index (κ1) is 17.0. The molecule has 25 heavy (non-hydrogen) atoms. The van der Waals surface area contributed by atoms with Crippen molar-refractivity contribution in [3.63, 3.8) is 0 Å². The maximum Gasteiger partial charge on any atom is 0.252 e. The predicted octanol–water partition coefficient (Wildman–Crippen LogP) is 3.91. The summed E-state index contributed by atoms with van der Waals surface area (Å²) in [6.45, 7) is 1.09. The van der Waals surface area contributed by atoms with Crippen molar-refractivity contribution < 1.29 is 9.21 Å². The zero-order valence-corrected chi connectivity index (χ0v) is 14.3. The Morgan fingerprint density at radius 2 is 2.08 bits per heavy atom. The molecule has 3 rings (SSSR count). The van der Waals surface area contributed by atoms with E-state index in [1.54, 1.807) is 24.6 Å². The molecule has 0 spiro atoms. The summed E-state index contributed by atoms with van der Waals surface area (Å²) in [5, 5.41) is 6.72. The van der Waals surface area contributed by atoms with Gasteiger partial charge in [-0.1, -0.05) is 23.7 Å². The maximum atomic E-state index is 12.1. The van der Waals surface area contributed by atoms with Crippen LogP contribution in [0.5, 0.6) is 0 Å². The zero-order valence-electron chi connectivity index (χ0n) is 13.5. The van der Waals surface area contributed by atoms with E-state index in [1.807, 2.05) is 36.4 Å². The minimum absolute atomic E-state index is 0.146. The smallest absolute Gasteiger partial charge is 0.252 e. The highest BCUT2D eigenvalue weighted by Crippen LogP contribution is 2.11. The van der Waals surface area contributed by atoms with Crippen LogP contribution in [0.15, 0.2) is 65.4 Å². The van der Waals surface area contributed by atoms with Crippen molar-refractivity contribution in [2.24, 2.45) is 0 Å². The molecule has 0 radical (unpaired) electrons. The third-order valence-corrected chi connectivity index (χ3v) is 3.87. The molecule has 2 heterocycles. The Morgan fingerprint density at radius 1 is 1.16 bits per heavy atom. The molecule has 1 aromatic carbocycles. The van der Waals surface area contributed by atoms with Crippen LogP contribution in [0.3, 0.4) is 0 Å². The van der Waals surface area contributed by atoms with E-state index in [9.17, 15) is 4.79 Å². The molecule has 0 unspecified atom stereocenters. The fraction of sp³-hybridized carbons (Fsp3) is 0.158. The molecule has 2 aromatic heterocycles. The van der Waals surface area contributed by atoms with Gasteiger partial charge < -0.3 is 15.1 Å². The molecular weight excluding hydrogens is 338 g/mol. The van der Waals surface area contributed by atoms with Gasteiger partial charge in [0.05, 0.1) is 18.4 Å². The second-order valence-corrected chi connectivity index (χ2v) is 5.94. The highest BCUT2D eigenvalue weighted by Gasteiger charge is 2.06. The molecule has 5 nitrogen and oxygen atoms in total. The molecule has 128 valence electrons. The van der Waals surface area contributed by atoms with Gasteiger partial charge in [-0.05, 0) is 48.4 Å². The average molecular weight is 356 g/mol. The standard InChI is InChI=1S/C19H18ClN3O2/c20-16-4-1-3-14(11-16)8-9-21-19(24)15-6-7-18(22-12-15)23-13-17-5-2-10-25-17/h1-7,10-12H,8-9,13H2,(H,21,24)(H,22,23). The molecule has 1 amide bonds. The van der Waals surface area contributed by atoms with Gasteiger partial charge in [-0.2, -0.15) is 0 Å². The summed E-state index contributed by atoms with van der Waals surface area (Å²) < 4.78 is 5.24. The molecule has 2 N–H and O–H groups in total. The Morgan fingerprint density at radius 3 is 2.80 bits per heavy atom. The number of anilines is 1. The van der Waals surface area contributed by atoms with E-state index < -0.39 is 0 Å². The molecule has 6 heteroatoms. The Hall–Kier alpha value is -2.79. The van der Waals surface area contributed by atoms with Crippen molar-refractivity contribution in [2.45, 2.75) is 13.0 Å². The summed E-state index contributed by atoms with van der Waals surface area (Å²) in [5.74, 6) is 1.36. The number of halogens is 1. The van der Waals surface area contributed by atoms with Gasteiger partial charge >= 0.3 is 0 Å². The first-order chi connectivity index (χ1) is 12.2. The number of carbonyl (C=O) groups is 1. The minimum Gasteiger partial charge on any atom is -0.467 e. The Kier molecular flexibility index (Phi) is 5.69. The summed E-state index contributed by atoms with van der Waals surface area (Å²) in [4.78, 5) is 16.4. The number of nitrogens with zero attached hydrogens (tertiary/aromatic N) is 1. The lowest BCUT2D eigenvalue weighted by Crippen LogP contribution is -2.25. The molecule has 0 aliphatic carbocycles. The molecule has 3 aromatic rings. The van der Waals surface area contributed by atoms with Crippen LogP contribution in [-0.4, -0.2) is 17.4 Å². The van der Waals surface area contributed by atoms with E-state index in [-0.39, 0.29) is 5.91 Å². The van der Waals surface area contributed by atoms with Crippen LogP contribution < -0.4 is 10.6 Å². The monoisotopic (exact) mass is 355 g/mol. The Balaban J connectivity index is 1.47. The number of nitrogens with one attached hydrogen (secondary N) is 2. The quantitative estimate of drug-likeness (QED) is 0.674. The number of pyridine rings is 1. The molecule has 0 bridgehead atoms. The van der Waals surface area contributed by atoms with E-state index in [2.05, 4.69) is 15.6 Å². The van der Waals surface area contributed by atoms with E-state index in [4.69, 9.17) is 16.0 Å². The number of amides is 1. The van der Waals surface area contributed by atoms with Gasteiger partial charge in [0.2, 0.25) is 0 Å². The number of rotatable bonds is 7. The lowest BCUT2D eigenvalue weighted by atomic mass is 10.1. The van der Waals surface area contributed by atoms with Gasteiger partial charge in [-0.15, -0.1) is 0 Å². The van der Waals surface area contributed by atoms with Crippen LogP contribution >= 0.6 is 11.6 Å². The van der Waals surface area contributed by atoms with Gasteiger partial charge in [0.15, 0.2) is 0 Å². The van der Waals surface area contributed by atoms with Crippen LogP contribution in [-0.2, 0) is 13.0 Å². The number of hydrogen-bond acceptors (Lipinski definition) is 4. The second-order valence-electron chi connectivity index (χ2n) is 5.50. The molecule has 0 aliphatic rings. The highest BCUT2D eigenvalue weighted by atomic mass is 35.5. The predicted molar refractivity (Wildman–Crippen MR) is 97.8 cm³/mol. The largest absolute Gasteiger partial charge is 0.467 e. The van der Waals surface area contributed by atoms with Crippen molar-refractivity contribution in [3.05, 3.63) is 82.9 Å². The zero-order chi connectivity index (χ0) is 17.5. The Bertz CT molecular complexity index is 817. The van der Waals surface area contributed by atoms with Crippen LogP contribution in [0, 0.1) is 0 Å². The van der Waals surface area contributed by atoms with Gasteiger partial charge in [0.25, 0.3) is 5.91 Å². The molecule has 0 aliphatic heterocycles. The lowest BCUT2D eigenvalue weighted by molar-refractivity contribution is 0.0954. The number of hydrogen-bond donors (Lipinski definition) is 2. The first-order valence-electron chi connectivity index (χ1n) is 7.96. The first-order valence-corrected chi connectivity index (χ1v) is 8.33. The van der Waals surface area contributed by atoms with Crippen molar-refractivity contribution in [3.8, 4) is 0 Å². The fourth-order valence-electron chi connectivity index (χ4n) is 2.34. The van der Waals surface area contributed by atoms with Crippen LogP contribution in [0.1, 0.15) is 21.7 Å². The van der Waals surface area contributed by atoms with E-state index >= 15 is 0 Å². The van der Waals surface area contributed by atoms with Crippen LogP contribution in [0.2, 0.25) is 5.02 Å². The highest BCUT2D eigenvalue weighted by molar-refractivity contribution is 6.30. The summed E-state index contributed by atoms with van der Waals surface area (Å²) in [6, 6.07) is 14.8. The van der Waals surface area contributed by atoms with Crippen molar-refractivity contribution >= 4 is 23.3 Å². The second kappa shape index (κ2) is 8.35. The molecule has 0 saturated heterocycles. The molecule has 0 saturated carbocycles. The van der Waals surface area contributed by atoms with E-state index in [0.717, 1.165) is 17.7 Å².